The maximum Gasteiger partial charge on any atom is 0.161 e. The molecule has 0 amide bonds. The molecule has 0 atom stereocenters. The van der Waals surface area contributed by atoms with Gasteiger partial charge in [-0.2, -0.15) is 0 Å². The molecular weight excluding hydrogens is 395 g/mol. The van der Waals surface area contributed by atoms with Crippen LogP contribution < -0.4 is 0 Å². The molecule has 3 rings (SSSR count). The number of rotatable bonds is 2. The normalized spacial score (nSPS) is 10.6. The lowest BCUT2D eigenvalue weighted by molar-refractivity contribution is 1.16. The highest BCUT2D eigenvalue weighted by atomic mass is 127. The zero-order chi connectivity index (χ0) is 14.8. The Morgan fingerprint density at radius 3 is 2.29 bits per heavy atom. The Bertz CT molecular complexity index is 788. The van der Waals surface area contributed by atoms with Gasteiger partial charge in [0.2, 0.25) is 0 Å². The van der Waals surface area contributed by atoms with Crippen molar-refractivity contribution < 1.29 is 0 Å². The quantitative estimate of drug-likeness (QED) is 0.422. The van der Waals surface area contributed by atoms with Crippen LogP contribution in [0, 0.1) is 10.5 Å². The molecule has 3 aromatic rings. The zero-order valence-electron chi connectivity index (χ0n) is 11.3. The number of aryl methyl sites for hydroxylation is 1. The highest BCUT2D eigenvalue weighted by Crippen LogP contribution is 2.31. The summed E-state index contributed by atoms with van der Waals surface area (Å²) in [5.74, 6) is 0.664. The Kier molecular flexibility index (Phi) is 4.22. The van der Waals surface area contributed by atoms with Gasteiger partial charge in [-0.05, 0) is 35.1 Å². The summed E-state index contributed by atoms with van der Waals surface area (Å²) in [4.78, 5) is 9.17. The molecule has 0 aliphatic heterocycles. The Balaban J connectivity index is 2.22. The molecule has 21 heavy (non-hydrogen) atoms. The molecule has 0 unspecified atom stereocenters. The zero-order valence-corrected chi connectivity index (χ0v) is 14.3. The molecule has 0 fully saturated rings. The first-order valence-corrected chi connectivity index (χ1v) is 7.97. The van der Waals surface area contributed by atoms with Crippen LogP contribution in [0.25, 0.3) is 22.6 Å². The molecule has 0 spiro atoms. The van der Waals surface area contributed by atoms with Gasteiger partial charge < -0.3 is 0 Å². The Labute approximate surface area is 142 Å². The molecule has 0 aliphatic carbocycles. The van der Waals surface area contributed by atoms with E-state index in [9.17, 15) is 0 Å². The van der Waals surface area contributed by atoms with E-state index in [4.69, 9.17) is 16.6 Å². The summed E-state index contributed by atoms with van der Waals surface area (Å²) in [5, 5.41) is 0.489. The average molecular weight is 407 g/mol. The first-order chi connectivity index (χ1) is 10.2. The van der Waals surface area contributed by atoms with Crippen molar-refractivity contribution >= 4 is 34.2 Å². The van der Waals surface area contributed by atoms with E-state index in [2.05, 4.69) is 27.6 Å². The van der Waals surface area contributed by atoms with Crippen LogP contribution in [0.5, 0.6) is 0 Å². The van der Waals surface area contributed by atoms with Gasteiger partial charge in [-0.1, -0.05) is 66.2 Å². The SMILES string of the molecule is Cc1ccccc1-c1nc(Cl)c(I)c(-c2ccccc2)n1. The third-order valence-corrected chi connectivity index (χ3v) is 4.86. The number of hydrogen-bond acceptors (Lipinski definition) is 2. The lowest BCUT2D eigenvalue weighted by Crippen LogP contribution is -1.98. The molecule has 4 heteroatoms. The fraction of sp³-hybridized carbons (Fsp3) is 0.0588. The summed E-state index contributed by atoms with van der Waals surface area (Å²) in [7, 11) is 0. The largest absolute Gasteiger partial charge is 0.227 e. The predicted molar refractivity (Wildman–Crippen MR) is 95.4 cm³/mol. The second-order valence-corrected chi connectivity index (χ2v) is 6.12. The molecular formula is C17H12ClIN2. The van der Waals surface area contributed by atoms with E-state index in [-0.39, 0.29) is 0 Å². The van der Waals surface area contributed by atoms with E-state index in [1.54, 1.807) is 0 Å². The van der Waals surface area contributed by atoms with Crippen LogP contribution in [0.2, 0.25) is 5.15 Å². The van der Waals surface area contributed by atoms with Crippen molar-refractivity contribution in [3.8, 4) is 22.6 Å². The molecule has 0 N–H and O–H groups in total. The number of aromatic nitrogens is 2. The molecule has 2 nitrogen and oxygen atoms in total. The van der Waals surface area contributed by atoms with E-state index >= 15 is 0 Å². The van der Waals surface area contributed by atoms with Gasteiger partial charge in [-0.3, -0.25) is 0 Å². The highest BCUT2D eigenvalue weighted by molar-refractivity contribution is 14.1. The van der Waals surface area contributed by atoms with Gasteiger partial charge >= 0.3 is 0 Å². The first-order valence-electron chi connectivity index (χ1n) is 6.51. The van der Waals surface area contributed by atoms with Crippen LogP contribution in [-0.4, -0.2) is 9.97 Å². The fourth-order valence-electron chi connectivity index (χ4n) is 2.15. The molecule has 0 saturated heterocycles. The van der Waals surface area contributed by atoms with Crippen molar-refractivity contribution in [2.75, 3.05) is 0 Å². The van der Waals surface area contributed by atoms with Crippen molar-refractivity contribution in [1.29, 1.82) is 0 Å². The van der Waals surface area contributed by atoms with E-state index in [1.807, 2.05) is 61.5 Å². The van der Waals surface area contributed by atoms with E-state index in [0.717, 1.165) is 26.0 Å². The lowest BCUT2D eigenvalue weighted by Gasteiger charge is -2.10. The fourth-order valence-corrected chi connectivity index (χ4v) is 2.87. The minimum absolute atomic E-state index is 0.489. The summed E-state index contributed by atoms with van der Waals surface area (Å²) in [5.41, 5.74) is 4.05. The number of hydrogen-bond donors (Lipinski definition) is 0. The van der Waals surface area contributed by atoms with E-state index < -0.39 is 0 Å². The van der Waals surface area contributed by atoms with Gasteiger partial charge in [0.25, 0.3) is 0 Å². The summed E-state index contributed by atoms with van der Waals surface area (Å²) in [6, 6.07) is 18.1. The lowest BCUT2D eigenvalue weighted by atomic mass is 10.1. The molecule has 1 heterocycles. The van der Waals surface area contributed by atoms with Gasteiger partial charge in [-0.15, -0.1) is 0 Å². The molecule has 0 radical (unpaired) electrons. The van der Waals surface area contributed by atoms with Gasteiger partial charge in [0.1, 0.15) is 5.15 Å². The summed E-state index contributed by atoms with van der Waals surface area (Å²) in [6.45, 7) is 2.05. The topological polar surface area (TPSA) is 25.8 Å². The van der Waals surface area contributed by atoms with Gasteiger partial charge in [-0.25, -0.2) is 9.97 Å². The summed E-state index contributed by atoms with van der Waals surface area (Å²) >= 11 is 8.51. The Hall–Kier alpha value is -1.46. The summed E-state index contributed by atoms with van der Waals surface area (Å²) in [6.07, 6.45) is 0. The van der Waals surface area contributed by atoms with Crippen LogP contribution in [0.15, 0.2) is 54.6 Å². The van der Waals surface area contributed by atoms with Crippen molar-refractivity contribution in [2.45, 2.75) is 6.92 Å². The molecule has 2 aromatic carbocycles. The van der Waals surface area contributed by atoms with Crippen LogP contribution >= 0.6 is 34.2 Å². The van der Waals surface area contributed by atoms with Gasteiger partial charge in [0.05, 0.1) is 9.26 Å². The highest BCUT2D eigenvalue weighted by Gasteiger charge is 2.14. The maximum absolute atomic E-state index is 6.31. The van der Waals surface area contributed by atoms with E-state index in [0.29, 0.717) is 11.0 Å². The smallest absolute Gasteiger partial charge is 0.161 e. The molecule has 1 aromatic heterocycles. The van der Waals surface area contributed by atoms with Crippen molar-refractivity contribution in [3.05, 3.63) is 68.9 Å². The summed E-state index contributed by atoms with van der Waals surface area (Å²) < 4.78 is 0.873. The predicted octanol–water partition coefficient (Wildman–Crippen LogP) is 5.38. The van der Waals surface area contributed by atoms with Crippen LogP contribution in [0.4, 0.5) is 0 Å². The Morgan fingerprint density at radius 1 is 0.905 bits per heavy atom. The first kappa shape index (κ1) is 14.5. The minimum atomic E-state index is 0.489. The molecule has 0 saturated carbocycles. The average Bonchev–Trinajstić information content (AvgIpc) is 2.51. The van der Waals surface area contributed by atoms with E-state index in [1.165, 1.54) is 0 Å². The van der Waals surface area contributed by atoms with Crippen LogP contribution in [-0.2, 0) is 0 Å². The molecule has 0 aliphatic rings. The van der Waals surface area contributed by atoms with Crippen molar-refractivity contribution in [1.82, 2.24) is 9.97 Å². The monoisotopic (exact) mass is 406 g/mol. The molecule has 0 bridgehead atoms. The third-order valence-electron chi connectivity index (χ3n) is 3.24. The van der Waals surface area contributed by atoms with Gasteiger partial charge in [0.15, 0.2) is 5.82 Å². The second kappa shape index (κ2) is 6.12. The minimum Gasteiger partial charge on any atom is -0.227 e. The number of nitrogens with zero attached hydrogens (tertiary/aromatic N) is 2. The van der Waals surface area contributed by atoms with Crippen LogP contribution in [0.3, 0.4) is 0 Å². The van der Waals surface area contributed by atoms with Crippen molar-refractivity contribution in [3.63, 3.8) is 0 Å². The van der Waals surface area contributed by atoms with Gasteiger partial charge in [0, 0.05) is 11.1 Å². The Morgan fingerprint density at radius 2 is 1.57 bits per heavy atom. The second-order valence-electron chi connectivity index (χ2n) is 4.68. The standard InChI is InChI=1S/C17H12ClIN2/c1-11-7-5-6-10-13(11)17-20-15(14(19)16(18)21-17)12-8-3-2-4-9-12/h2-10H,1H3. The number of benzene rings is 2. The molecule has 104 valence electrons. The van der Waals surface area contributed by atoms with Crippen molar-refractivity contribution in [2.24, 2.45) is 0 Å². The maximum atomic E-state index is 6.31. The number of halogens is 2. The third kappa shape index (κ3) is 2.94. The van der Waals surface area contributed by atoms with Crippen LogP contribution in [0.1, 0.15) is 5.56 Å².